The molecule has 2 aliphatic rings. The number of carbonyl (C=O) groups is 1. The fourth-order valence-electron chi connectivity index (χ4n) is 4.35. The number of aromatic nitrogens is 6. The number of rotatable bonds is 4. The van der Waals surface area contributed by atoms with Crippen LogP contribution in [-0.2, 0) is 4.74 Å². The Hall–Kier alpha value is -3.43. The first-order chi connectivity index (χ1) is 15.9. The van der Waals surface area contributed by atoms with Crippen molar-refractivity contribution in [2.75, 3.05) is 18.4 Å². The molecule has 0 aromatic carbocycles. The Morgan fingerprint density at radius 2 is 2.00 bits per heavy atom. The molecule has 0 spiro atoms. The lowest BCUT2D eigenvalue weighted by Crippen LogP contribution is -2.42. The van der Waals surface area contributed by atoms with Crippen LogP contribution in [0.2, 0.25) is 0 Å². The average molecular weight is 451 g/mol. The summed E-state index contributed by atoms with van der Waals surface area (Å²) in [6, 6.07) is 0.232. The lowest BCUT2D eigenvalue weighted by Gasteiger charge is -2.33. The third kappa shape index (κ3) is 4.69. The van der Waals surface area contributed by atoms with Crippen molar-refractivity contribution in [3.05, 3.63) is 36.7 Å². The maximum atomic E-state index is 12.3. The van der Waals surface area contributed by atoms with Gasteiger partial charge in [0.15, 0.2) is 11.5 Å². The van der Waals surface area contributed by atoms with E-state index in [0.29, 0.717) is 24.6 Å². The highest BCUT2D eigenvalue weighted by atomic mass is 16.6. The smallest absolute Gasteiger partial charge is 0.410 e. The minimum Gasteiger partial charge on any atom is -0.444 e. The van der Waals surface area contributed by atoms with Gasteiger partial charge in [0.2, 0.25) is 0 Å². The molecule has 174 valence electrons. The number of allylic oxidation sites excluding steroid dienone is 2. The number of piperidine rings is 1. The third-order valence-corrected chi connectivity index (χ3v) is 5.99. The van der Waals surface area contributed by atoms with Crippen molar-refractivity contribution in [3.8, 4) is 0 Å². The van der Waals surface area contributed by atoms with Gasteiger partial charge in [-0.1, -0.05) is 6.08 Å². The Labute approximate surface area is 192 Å². The van der Waals surface area contributed by atoms with Crippen molar-refractivity contribution in [2.45, 2.75) is 64.5 Å². The van der Waals surface area contributed by atoms with Gasteiger partial charge < -0.3 is 15.0 Å². The molecule has 3 aromatic rings. The van der Waals surface area contributed by atoms with Gasteiger partial charge in [-0.25, -0.2) is 19.3 Å². The third-order valence-electron chi connectivity index (χ3n) is 5.99. The maximum Gasteiger partial charge on any atom is 0.410 e. The first-order valence-corrected chi connectivity index (χ1v) is 11.5. The molecule has 10 nitrogen and oxygen atoms in total. The number of likely N-dealkylation sites (tertiary alicyclic amines) is 1. The topological polar surface area (TPSA) is 102 Å². The van der Waals surface area contributed by atoms with Crippen molar-refractivity contribution in [1.29, 1.82) is 0 Å². The molecule has 0 unspecified atom stereocenters. The van der Waals surface area contributed by atoms with Crippen LogP contribution in [0.3, 0.4) is 0 Å². The highest BCUT2D eigenvalue weighted by Crippen LogP contribution is 2.29. The van der Waals surface area contributed by atoms with E-state index in [1.807, 2.05) is 37.8 Å². The van der Waals surface area contributed by atoms with Crippen molar-refractivity contribution < 1.29 is 9.53 Å². The molecule has 10 heteroatoms. The standard InChI is InChI=1S/C23H30N8O2/c1-23(2,3)33-22(32)29-10-8-18(9-11-29)30-13-17(12-25-30)27-20-21-24-15-26-31(21)14-19(28-20)16-6-4-5-7-16/h6,12-15,18H,4-5,7-11H2,1-3H3,(H,27,28). The zero-order valence-electron chi connectivity index (χ0n) is 19.4. The van der Waals surface area contributed by atoms with Gasteiger partial charge in [0.25, 0.3) is 0 Å². The molecule has 33 heavy (non-hydrogen) atoms. The molecule has 0 atom stereocenters. The SMILES string of the molecule is CC(C)(C)OC(=O)N1CCC(n2cc(Nc3nc(C4=CCCC4)cn4ncnc34)cn2)CC1. The second-order valence-corrected chi connectivity index (χ2v) is 9.66. The van der Waals surface area contributed by atoms with Gasteiger partial charge >= 0.3 is 6.09 Å². The summed E-state index contributed by atoms with van der Waals surface area (Å²) >= 11 is 0. The lowest BCUT2D eigenvalue weighted by atomic mass is 10.1. The maximum absolute atomic E-state index is 12.3. The second kappa shape index (κ2) is 8.49. The zero-order valence-corrected chi connectivity index (χ0v) is 19.4. The van der Waals surface area contributed by atoms with Gasteiger partial charge in [-0.2, -0.15) is 10.2 Å². The van der Waals surface area contributed by atoms with Crippen molar-refractivity contribution in [2.24, 2.45) is 0 Å². The Morgan fingerprint density at radius 3 is 2.73 bits per heavy atom. The fraction of sp³-hybridized carbons (Fsp3) is 0.522. The van der Waals surface area contributed by atoms with Crippen LogP contribution in [0.5, 0.6) is 0 Å². The van der Waals surface area contributed by atoms with E-state index in [1.165, 1.54) is 11.9 Å². The van der Waals surface area contributed by atoms with Crippen LogP contribution in [0.15, 0.2) is 31.0 Å². The quantitative estimate of drug-likeness (QED) is 0.635. The summed E-state index contributed by atoms with van der Waals surface area (Å²) in [5.74, 6) is 0.664. The molecule has 1 aliphatic carbocycles. The van der Waals surface area contributed by atoms with E-state index >= 15 is 0 Å². The highest BCUT2D eigenvalue weighted by Gasteiger charge is 2.28. The van der Waals surface area contributed by atoms with Crippen LogP contribution in [-0.4, -0.2) is 59.0 Å². The van der Waals surface area contributed by atoms with E-state index < -0.39 is 5.60 Å². The largest absolute Gasteiger partial charge is 0.444 e. The number of hydrogen-bond acceptors (Lipinski definition) is 7. The number of amides is 1. The summed E-state index contributed by atoms with van der Waals surface area (Å²) in [7, 11) is 0. The molecule has 0 bridgehead atoms. The average Bonchev–Trinajstić information content (AvgIpc) is 3.54. The van der Waals surface area contributed by atoms with Crippen LogP contribution in [0.4, 0.5) is 16.3 Å². The summed E-state index contributed by atoms with van der Waals surface area (Å²) in [4.78, 5) is 23.3. The molecular formula is C23H30N8O2. The van der Waals surface area contributed by atoms with Crippen molar-refractivity contribution in [1.82, 2.24) is 34.3 Å². The van der Waals surface area contributed by atoms with E-state index in [4.69, 9.17) is 9.72 Å². The van der Waals surface area contributed by atoms with Gasteiger partial charge in [0.1, 0.15) is 11.9 Å². The summed E-state index contributed by atoms with van der Waals surface area (Å²) in [5, 5.41) is 12.3. The molecule has 1 N–H and O–H groups in total. The van der Waals surface area contributed by atoms with E-state index in [2.05, 4.69) is 26.6 Å². The van der Waals surface area contributed by atoms with E-state index in [1.54, 1.807) is 15.6 Å². The Morgan fingerprint density at radius 1 is 1.18 bits per heavy atom. The van der Waals surface area contributed by atoms with Crippen molar-refractivity contribution >= 4 is 28.8 Å². The molecular weight excluding hydrogens is 420 g/mol. The van der Waals surface area contributed by atoms with Gasteiger partial charge in [0.05, 0.1) is 29.8 Å². The summed E-state index contributed by atoms with van der Waals surface area (Å²) < 4.78 is 9.23. The molecule has 4 heterocycles. The van der Waals surface area contributed by atoms with Gasteiger partial charge in [-0.3, -0.25) is 4.68 Å². The molecule has 0 saturated carbocycles. The van der Waals surface area contributed by atoms with Gasteiger partial charge in [0, 0.05) is 19.3 Å². The number of ether oxygens (including phenoxy) is 1. The van der Waals surface area contributed by atoms with E-state index in [9.17, 15) is 4.79 Å². The van der Waals surface area contributed by atoms with Crippen LogP contribution in [0.1, 0.15) is 64.6 Å². The monoisotopic (exact) mass is 450 g/mol. The molecule has 1 aliphatic heterocycles. The molecule has 3 aromatic heterocycles. The number of nitrogens with one attached hydrogen (secondary N) is 1. The summed E-state index contributed by atoms with van der Waals surface area (Å²) in [6.45, 7) is 6.97. The van der Waals surface area contributed by atoms with E-state index in [-0.39, 0.29) is 12.1 Å². The van der Waals surface area contributed by atoms with Gasteiger partial charge in [-0.05, 0) is 58.4 Å². The van der Waals surface area contributed by atoms with Crippen LogP contribution in [0, 0.1) is 0 Å². The number of hydrogen-bond donors (Lipinski definition) is 1. The second-order valence-electron chi connectivity index (χ2n) is 9.66. The fourth-order valence-corrected chi connectivity index (χ4v) is 4.35. The van der Waals surface area contributed by atoms with Crippen LogP contribution < -0.4 is 5.32 Å². The number of fused-ring (bicyclic) bond motifs is 1. The first kappa shape index (κ1) is 21.4. The normalized spacial score (nSPS) is 17.4. The lowest BCUT2D eigenvalue weighted by molar-refractivity contribution is 0.0185. The highest BCUT2D eigenvalue weighted by molar-refractivity contribution is 5.73. The summed E-state index contributed by atoms with van der Waals surface area (Å²) in [5.41, 5.74) is 3.22. The minimum absolute atomic E-state index is 0.232. The van der Waals surface area contributed by atoms with Gasteiger partial charge in [-0.15, -0.1) is 0 Å². The van der Waals surface area contributed by atoms with Crippen molar-refractivity contribution in [3.63, 3.8) is 0 Å². The van der Waals surface area contributed by atoms with Crippen LogP contribution >= 0.6 is 0 Å². The molecule has 5 rings (SSSR count). The molecule has 1 amide bonds. The predicted octanol–water partition coefficient (Wildman–Crippen LogP) is 4.20. The van der Waals surface area contributed by atoms with E-state index in [0.717, 1.165) is 43.5 Å². The van der Waals surface area contributed by atoms with Crippen LogP contribution in [0.25, 0.3) is 11.2 Å². The number of carbonyl (C=O) groups excluding carboxylic acids is 1. The summed E-state index contributed by atoms with van der Waals surface area (Å²) in [6.07, 6.45) is 14.2. The Bertz CT molecular complexity index is 1180. The molecule has 1 saturated heterocycles. The number of anilines is 2. The minimum atomic E-state index is -0.480. The molecule has 0 radical (unpaired) electrons. The predicted molar refractivity (Wildman–Crippen MR) is 124 cm³/mol. The number of nitrogens with zero attached hydrogens (tertiary/aromatic N) is 7. The first-order valence-electron chi connectivity index (χ1n) is 11.5. The zero-order chi connectivity index (χ0) is 23.0. The Balaban J connectivity index is 1.27. The Kier molecular flexibility index (Phi) is 5.51. The molecule has 1 fully saturated rings.